The highest BCUT2D eigenvalue weighted by molar-refractivity contribution is 5.68. The smallest absolute Gasteiger partial charge is 0.411 e. The molecule has 0 aliphatic carbocycles. The lowest BCUT2D eigenvalue weighted by Crippen LogP contribution is -2.29. The number of hydrogen-bond acceptors (Lipinski definition) is 3. The van der Waals surface area contributed by atoms with Crippen molar-refractivity contribution in [2.24, 2.45) is 0 Å². The van der Waals surface area contributed by atoms with Crippen molar-refractivity contribution in [3.8, 4) is 0 Å². The van der Waals surface area contributed by atoms with Gasteiger partial charge in [-0.15, -0.1) is 0 Å². The van der Waals surface area contributed by atoms with E-state index in [-0.39, 0.29) is 6.61 Å². The molecule has 0 spiro atoms. The maximum atomic E-state index is 11.1. The zero-order valence-electron chi connectivity index (χ0n) is 9.75. The van der Waals surface area contributed by atoms with E-state index in [9.17, 15) is 4.79 Å². The molecule has 0 atom stereocenters. The first-order chi connectivity index (χ1) is 6.95. The van der Waals surface area contributed by atoms with Gasteiger partial charge in [-0.2, -0.15) is 0 Å². The van der Waals surface area contributed by atoms with Crippen LogP contribution in [-0.4, -0.2) is 23.4 Å². The molecule has 4 nitrogen and oxygen atoms in total. The second-order valence-electron chi connectivity index (χ2n) is 4.27. The summed E-state index contributed by atoms with van der Waals surface area (Å²) in [6, 6.07) is 0. The first kappa shape index (κ1) is 14.0. The minimum atomic E-state index is -0.463. The van der Waals surface area contributed by atoms with Gasteiger partial charge in [0, 0.05) is 12.8 Å². The molecule has 0 aliphatic rings. The van der Waals surface area contributed by atoms with Crippen LogP contribution >= 0.6 is 0 Å². The Morgan fingerprint density at radius 1 is 1.40 bits per heavy atom. The number of hydrogen-bond donors (Lipinski definition) is 2. The van der Waals surface area contributed by atoms with E-state index in [1.54, 1.807) is 6.20 Å². The third-order valence-corrected chi connectivity index (χ3v) is 1.50. The van der Waals surface area contributed by atoms with Gasteiger partial charge in [-0.3, -0.25) is 5.32 Å². The molecule has 0 bridgehead atoms. The fraction of sp³-hybridized carbons (Fsp3) is 0.727. The van der Waals surface area contributed by atoms with Gasteiger partial charge in [0.05, 0.1) is 0 Å². The molecular weight excluding hydrogens is 194 g/mol. The quantitative estimate of drug-likeness (QED) is 0.691. The summed E-state index contributed by atoms with van der Waals surface area (Å²) in [6.45, 7) is 5.67. The van der Waals surface area contributed by atoms with Crippen molar-refractivity contribution < 1.29 is 14.6 Å². The first-order valence-electron chi connectivity index (χ1n) is 5.21. The summed E-state index contributed by atoms with van der Waals surface area (Å²) in [4.78, 5) is 11.1. The van der Waals surface area contributed by atoms with Crippen molar-refractivity contribution in [1.82, 2.24) is 5.32 Å². The number of amides is 1. The van der Waals surface area contributed by atoms with E-state index in [4.69, 9.17) is 9.84 Å². The van der Waals surface area contributed by atoms with E-state index in [2.05, 4.69) is 5.32 Å². The highest BCUT2D eigenvalue weighted by Gasteiger charge is 2.14. The van der Waals surface area contributed by atoms with Crippen LogP contribution in [0.15, 0.2) is 12.3 Å². The van der Waals surface area contributed by atoms with Crippen LogP contribution in [0.1, 0.15) is 40.0 Å². The summed E-state index contributed by atoms with van der Waals surface area (Å²) in [5, 5.41) is 11.0. The molecule has 0 saturated heterocycles. The highest BCUT2D eigenvalue weighted by Crippen LogP contribution is 2.06. The number of unbranched alkanes of at least 4 members (excludes halogenated alkanes) is 2. The molecule has 4 heteroatoms. The molecule has 1 amide bonds. The SMILES string of the molecule is CC(C)(C)OC(=O)NC=CCCCCO. The summed E-state index contributed by atoms with van der Waals surface area (Å²) in [6.07, 6.45) is 5.53. The third kappa shape index (κ3) is 10.9. The predicted octanol–water partition coefficient (Wildman–Crippen LogP) is 2.19. The number of carbonyl (C=O) groups excluding carboxylic acids is 1. The second-order valence-corrected chi connectivity index (χ2v) is 4.27. The average Bonchev–Trinajstić information content (AvgIpc) is 2.08. The number of allylic oxidation sites excluding steroid dienone is 1. The average molecular weight is 215 g/mol. The lowest BCUT2D eigenvalue weighted by atomic mass is 10.2. The van der Waals surface area contributed by atoms with Crippen LogP contribution in [0.4, 0.5) is 4.79 Å². The van der Waals surface area contributed by atoms with E-state index in [1.807, 2.05) is 26.8 Å². The Hall–Kier alpha value is -1.03. The van der Waals surface area contributed by atoms with Crippen molar-refractivity contribution in [2.75, 3.05) is 6.61 Å². The van der Waals surface area contributed by atoms with Crippen LogP contribution in [-0.2, 0) is 4.74 Å². The maximum Gasteiger partial charge on any atom is 0.411 e. The topological polar surface area (TPSA) is 58.6 Å². The van der Waals surface area contributed by atoms with E-state index in [1.165, 1.54) is 0 Å². The highest BCUT2D eigenvalue weighted by atomic mass is 16.6. The summed E-state index contributed by atoms with van der Waals surface area (Å²) in [5.74, 6) is 0. The number of carbonyl (C=O) groups is 1. The van der Waals surface area contributed by atoms with E-state index < -0.39 is 11.7 Å². The molecule has 0 aromatic carbocycles. The predicted molar refractivity (Wildman–Crippen MR) is 59.4 cm³/mol. The van der Waals surface area contributed by atoms with Gasteiger partial charge in [0.25, 0.3) is 0 Å². The van der Waals surface area contributed by atoms with Crippen LogP contribution in [0.5, 0.6) is 0 Å². The molecule has 0 aromatic rings. The van der Waals surface area contributed by atoms with Crippen molar-refractivity contribution in [1.29, 1.82) is 0 Å². The normalized spacial score (nSPS) is 11.7. The molecule has 0 unspecified atom stereocenters. The molecule has 88 valence electrons. The molecule has 0 rings (SSSR count). The number of alkyl carbamates (subject to hydrolysis) is 1. The molecule has 15 heavy (non-hydrogen) atoms. The Balaban J connectivity index is 3.54. The molecule has 0 heterocycles. The van der Waals surface area contributed by atoms with Gasteiger partial charge in [0.2, 0.25) is 0 Å². The van der Waals surface area contributed by atoms with Crippen LogP contribution in [0, 0.1) is 0 Å². The Morgan fingerprint density at radius 2 is 2.07 bits per heavy atom. The van der Waals surface area contributed by atoms with Crippen molar-refractivity contribution in [3.05, 3.63) is 12.3 Å². The fourth-order valence-electron chi connectivity index (χ4n) is 0.892. The third-order valence-electron chi connectivity index (χ3n) is 1.50. The van der Waals surface area contributed by atoms with E-state index in [0.29, 0.717) is 0 Å². The Kier molecular flexibility index (Phi) is 6.79. The maximum absolute atomic E-state index is 11.1. The minimum absolute atomic E-state index is 0.216. The van der Waals surface area contributed by atoms with E-state index in [0.717, 1.165) is 19.3 Å². The van der Waals surface area contributed by atoms with Gasteiger partial charge in [0.1, 0.15) is 5.60 Å². The van der Waals surface area contributed by atoms with Gasteiger partial charge >= 0.3 is 6.09 Å². The molecule has 0 fully saturated rings. The number of rotatable bonds is 5. The van der Waals surface area contributed by atoms with Gasteiger partial charge in [0.15, 0.2) is 0 Å². The molecule has 2 N–H and O–H groups in total. The van der Waals surface area contributed by atoms with Gasteiger partial charge in [-0.25, -0.2) is 4.79 Å². The lowest BCUT2D eigenvalue weighted by Gasteiger charge is -2.18. The summed E-state index contributed by atoms with van der Waals surface area (Å²) in [7, 11) is 0. The van der Waals surface area contributed by atoms with Crippen LogP contribution in [0.2, 0.25) is 0 Å². The largest absolute Gasteiger partial charge is 0.444 e. The standard InChI is InChI=1S/C11H21NO3/c1-11(2,3)15-10(14)12-8-6-4-5-7-9-13/h6,8,13H,4-5,7,9H2,1-3H3,(H,12,14). The molecule has 0 radical (unpaired) electrons. The van der Waals surface area contributed by atoms with Gasteiger partial charge < -0.3 is 9.84 Å². The first-order valence-corrected chi connectivity index (χ1v) is 5.21. The summed E-state index contributed by atoms with van der Waals surface area (Å²) >= 11 is 0. The Bertz CT molecular complexity index is 206. The number of aliphatic hydroxyl groups excluding tert-OH is 1. The van der Waals surface area contributed by atoms with Crippen LogP contribution in [0.3, 0.4) is 0 Å². The van der Waals surface area contributed by atoms with Crippen LogP contribution < -0.4 is 5.32 Å². The zero-order chi connectivity index (χ0) is 11.7. The summed E-state index contributed by atoms with van der Waals surface area (Å²) in [5.41, 5.74) is -0.463. The number of nitrogens with one attached hydrogen (secondary N) is 1. The fourth-order valence-corrected chi connectivity index (χ4v) is 0.892. The zero-order valence-corrected chi connectivity index (χ0v) is 9.75. The number of ether oxygens (including phenoxy) is 1. The van der Waals surface area contributed by atoms with E-state index >= 15 is 0 Å². The number of aliphatic hydroxyl groups is 1. The Morgan fingerprint density at radius 3 is 2.60 bits per heavy atom. The lowest BCUT2D eigenvalue weighted by molar-refractivity contribution is 0.0552. The Labute approximate surface area is 91.3 Å². The van der Waals surface area contributed by atoms with Crippen LogP contribution in [0.25, 0.3) is 0 Å². The molecule has 0 saturated carbocycles. The second kappa shape index (κ2) is 7.29. The van der Waals surface area contributed by atoms with Crippen molar-refractivity contribution in [3.63, 3.8) is 0 Å². The van der Waals surface area contributed by atoms with Gasteiger partial charge in [-0.05, 0) is 40.0 Å². The monoisotopic (exact) mass is 215 g/mol. The van der Waals surface area contributed by atoms with Crippen molar-refractivity contribution >= 4 is 6.09 Å². The summed E-state index contributed by atoms with van der Waals surface area (Å²) < 4.78 is 5.02. The van der Waals surface area contributed by atoms with Crippen molar-refractivity contribution in [2.45, 2.75) is 45.6 Å². The molecular formula is C11H21NO3. The van der Waals surface area contributed by atoms with Gasteiger partial charge in [-0.1, -0.05) is 6.08 Å². The molecule has 0 aliphatic heterocycles. The minimum Gasteiger partial charge on any atom is -0.444 e. The molecule has 0 aromatic heterocycles.